The first kappa shape index (κ1) is 20.0. The lowest BCUT2D eigenvalue weighted by Gasteiger charge is -2.31. The van der Waals surface area contributed by atoms with Gasteiger partial charge >= 0.3 is 0 Å². The van der Waals surface area contributed by atoms with Gasteiger partial charge in [-0.1, -0.05) is 65.2 Å². The van der Waals surface area contributed by atoms with Crippen molar-refractivity contribution >= 4 is 0 Å². The Morgan fingerprint density at radius 2 is 1.68 bits per heavy atom. The third kappa shape index (κ3) is 7.46. The summed E-state index contributed by atoms with van der Waals surface area (Å²) in [6.45, 7) is 9.27. The van der Waals surface area contributed by atoms with Crippen LogP contribution in [0.25, 0.3) is 0 Å². The summed E-state index contributed by atoms with van der Waals surface area (Å²) in [6.07, 6.45) is 15.3. The molecule has 132 valence electrons. The summed E-state index contributed by atoms with van der Waals surface area (Å²) in [7, 11) is 1.85. The third-order valence-electron chi connectivity index (χ3n) is 5.38. The fourth-order valence-corrected chi connectivity index (χ4v) is 4.06. The molecule has 0 aliphatic carbocycles. The van der Waals surface area contributed by atoms with Crippen molar-refractivity contribution in [3.8, 4) is 0 Å². The van der Waals surface area contributed by atoms with Crippen LogP contribution in [0.5, 0.6) is 0 Å². The van der Waals surface area contributed by atoms with Crippen molar-refractivity contribution in [3.63, 3.8) is 0 Å². The zero-order valence-electron chi connectivity index (χ0n) is 15.8. The van der Waals surface area contributed by atoms with E-state index in [0.29, 0.717) is 0 Å². The van der Waals surface area contributed by atoms with Gasteiger partial charge in [-0.3, -0.25) is 4.90 Å². The standard InChI is InChI=1S/C20H41NO/c1-5-7-9-11-13-18(3)21-16-19(17-22-4)15-20(21)14-12-10-8-6-2/h18-20H,5-17H2,1-4H3/t18?,19?,20-/m1/s1. The second-order valence-electron chi connectivity index (χ2n) is 7.46. The van der Waals surface area contributed by atoms with Gasteiger partial charge in [0, 0.05) is 25.7 Å². The molecule has 0 amide bonds. The Morgan fingerprint density at radius 1 is 1.00 bits per heavy atom. The maximum Gasteiger partial charge on any atom is 0.0503 e. The normalized spacial score (nSPS) is 24.0. The zero-order chi connectivity index (χ0) is 16.2. The number of hydrogen-bond donors (Lipinski definition) is 0. The molecule has 0 radical (unpaired) electrons. The fourth-order valence-electron chi connectivity index (χ4n) is 4.06. The zero-order valence-corrected chi connectivity index (χ0v) is 15.8. The predicted octanol–water partition coefficient (Wildman–Crippen LogP) is 5.65. The molecule has 0 saturated carbocycles. The van der Waals surface area contributed by atoms with Crippen LogP contribution in [-0.2, 0) is 4.74 Å². The van der Waals surface area contributed by atoms with Gasteiger partial charge in [0.25, 0.3) is 0 Å². The minimum absolute atomic E-state index is 0.759. The Kier molecular flexibility index (Phi) is 11.2. The van der Waals surface area contributed by atoms with E-state index in [4.69, 9.17) is 4.74 Å². The van der Waals surface area contributed by atoms with Gasteiger partial charge < -0.3 is 4.74 Å². The topological polar surface area (TPSA) is 12.5 Å². The Bertz CT molecular complexity index is 256. The summed E-state index contributed by atoms with van der Waals surface area (Å²) < 4.78 is 5.43. The SMILES string of the molecule is CCCCCCC(C)N1CC(COC)C[C@H]1CCCCCC. The van der Waals surface area contributed by atoms with E-state index in [1.165, 1.54) is 77.2 Å². The van der Waals surface area contributed by atoms with Crippen LogP contribution in [0.3, 0.4) is 0 Å². The molecule has 2 unspecified atom stereocenters. The number of rotatable bonds is 13. The molecule has 3 atom stereocenters. The van der Waals surface area contributed by atoms with Gasteiger partial charge in [-0.2, -0.15) is 0 Å². The number of unbranched alkanes of at least 4 members (excludes halogenated alkanes) is 6. The molecule has 0 bridgehead atoms. The second kappa shape index (κ2) is 12.4. The molecule has 1 aliphatic heterocycles. The van der Waals surface area contributed by atoms with E-state index in [0.717, 1.165) is 24.6 Å². The molecule has 0 aromatic carbocycles. The van der Waals surface area contributed by atoms with Gasteiger partial charge in [-0.05, 0) is 32.1 Å². The lowest BCUT2D eigenvalue weighted by Crippen LogP contribution is -2.37. The van der Waals surface area contributed by atoms with E-state index in [1.54, 1.807) is 0 Å². The lowest BCUT2D eigenvalue weighted by atomic mass is 10.0. The van der Waals surface area contributed by atoms with Gasteiger partial charge in [-0.25, -0.2) is 0 Å². The molecule has 1 fully saturated rings. The van der Waals surface area contributed by atoms with Gasteiger partial charge in [0.2, 0.25) is 0 Å². The van der Waals surface area contributed by atoms with E-state index >= 15 is 0 Å². The lowest BCUT2D eigenvalue weighted by molar-refractivity contribution is 0.140. The molecule has 0 aromatic heterocycles. The Balaban J connectivity index is 2.39. The average molecular weight is 312 g/mol. The summed E-state index contributed by atoms with van der Waals surface area (Å²) >= 11 is 0. The number of nitrogens with zero attached hydrogens (tertiary/aromatic N) is 1. The first-order valence-corrected chi connectivity index (χ1v) is 9.97. The summed E-state index contributed by atoms with van der Waals surface area (Å²) in [4.78, 5) is 2.82. The maximum absolute atomic E-state index is 5.43. The monoisotopic (exact) mass is 311 g/mol. The van der Waals surface area contributed by atoms with E-state index in [1.807, 2.05) is 7.11 Å². The molecule has 22 heavy (non-hydrogen) atoms. The van der Waals surface area contributed by atoms with E-state index in [-0.39, 0.29) is 0 Å². The molecule has 2 nitrogen and oxygen atoms in total. The van der Waals surface area contributed by atoms with Crippen LogP contribution in [0.2, 0.25) is 0 Å². The number of methoxy groups -OCH3 is 1. The Labute approximate surface area is 140 Å². The van der Waals surface area contributed by atoms with Crippen LogP contribution in [0, 0.1) is 5.92 Å². The first-order chi connectivity index (χ1) is 10.7. The van der Waals surface area contributed by atoms with Crippen molar-refractivity contribution < 1.29 is 4.74 Å². The van der Waals surface area contributed by atoms with Crippen molar-refractivity contribution in [2.24, 2.45) is 5.92 Å². The van der Waals surface area contributed by atoms with Gasteiger partial charge in [0.05, 0.1) is 6.61 Å². The fraction of sp³-hybridized carbons (Fsp3) is 1.00. The van der Waals surface area contributed by atoms with Crippen molar-refractivity contribution in [2.45, 2.75) is 103 Å². The van der Waals surface area contributed by atoms with Crippen LogP contribution in [0.4, 0.5) is 0 Å². The van der Waals surface area contributed by atoms with Gasteiger partial charge in [-0.15, -0.1) is 0 Å². The van der Waals surface area contributed by atoms with E-state index in [2.05, 4.69) is 25.7 Å². The highest BCUT2D eigenvalue weighted by Crippen LogP contribution is 2.30. The van der Waals surface area contributed by atoms with Crippen molar-refractivity contribution in [3.05, 3.63) is 0 Å². The van der Waals surface area contributed by atoms with Crippen molar-refractivity contribution in [1.82, 2.24) is 4.90 Å². The third-order valence-corrected chi connectivity index (χ3v) is 5.38. The minimum Gasteiger partial charge on any atom is -0.384 e. The highest BCUT2D eigenvalue weighted by molar-refractivity contribution is 4.88. The van der Waals surface area contributed by atoms with Gasteiger partial charge in [0.1, 0.15) is 0 Å². The van der Waals surface area contributed by atoms with Crippen LogP contribution in [0.1, 0.15) is 91.4 Å². The molecule has 1 aliphatic rings. The second-order valence-corrected chi connectivity index (χ2v) is 7.46. The number of ether oxygens (including phenoxy) is 1. The largest absolute Gasteiger partial charge is 0.384 e. The number of hydrogen-bond acceptors (Lipinski definition) is 2. The molecule has 2 heteroatoms. The van der Waals surface area contributed by atoms with Crippen LogP contribution >= 0.6 is 0 Å². The van der Waals surface area contributed by atoms with Crippen LogP contribution in [-0.4, -0.2) is 37.2 Å². The summed E-state index contributed by atoms with van der Waals surface area (Å²) in [6, 6.07) is 1.58. The molecule has 0 N–H and O–H groups in total. The number of likely N-dealkylation sites (tertiary alicyclic amines) is 1. The van der Waals surface area contributed by atoms with E-state index in [9.17, 15) is 0 Å². The molecular formula is C20H41NO. The summed E-state index contributed by atoms with van der Waals surface area (Å²) in [5.74, 6) is 0.763. The Hall–Kier alpha value is -0.0800. The first-order valence-electron chi connectivity index (χ1n) is 9.97. The highest BCUT2D eigenvalue weighted by atomic mass is 16.5. The smallest absolute Gasteiger partial charge is 0.0503 e. The predicted molar refractivity (Wildman–Crippen MR) is 97.5 cm³/mol. The molecular weight excluding hydrogens is 270 g/mol. The molecule has 0 aromatic rings. The van der Waals surface area contributed by atoms with Crippen molar-refractivity contribution in [1.29, 1.82) is 0 Å². The Morgan fingerprint density at radius 3 is 2.32 bits per heavy atom. The van der Waals surface area contributed by atoms with E-state index < -0.39 is 0 Å². The minimum atomic E-state index is 0.759. The molecule has 1 saturated heterocycles. The summed E-state index contributed by atoms with van der Waals surface area (Å²) in [5.41, 5.74) is 0. The quantitative estimate of drug-likeness (QED) is 0.407. The van der Waals surface area contributed by atoms with Crippen LogP contribution < -0.4 is 0 Å². The molecule has 1 heterocycles. The summed E-state index contributed by atoms with van der Waals surface area (Å²) in [5, 5.41) is 0. The van der Waals surface area contributed by atoms with Crippen LogP contribution in [0.15, 0.2) is 0 Å². The maximum atomic E-state index is 5.43. The van der Waals surface area contributed by atoms with Gasteiger partial charge in [0.15, 0.2) is 0 Å². The van der Waals surface area contributed by atoms with Crippen molar-refractivity contribution in [2.75, 3.05) is 20.3 Å². The molecule has 0 spiro atoms. The highest BCUT2D eigenvalue weighted by Gasteiger charge is 2.33. The molecule has 1 rings (SSSR count). The average Bonchev–Trinajstić information content (AvgIpc) is 2.91.